The summed E-state index contributed by atoms with van der Waals surface area (Å²) in [5.41, 5.74) is 5.53. The second kappa shape index (κ2) is 2.31. The minimum Gasteiger partial charge on any atom is -0.366 e. The number of hydrogen-bond donors (Lipinski definition) is 1. The van der Waals surface area contributed by atoms with Crippen LogP contribution in [0.1, 0.15) is 10.4 Å². The Morgan fingerprint density at radius 1 is 1.22 bits per heavy atom. The van der Waals surface area contributed by atoms with Crippen molar-refractivity contribution in [2.24, 2.45) is 5.73 Å². The third-order valence-corrected chi connectivity index (χ3v) is 1.06. The normalized spacial score (nSPS) is 8.89. The van der Waals surface area contributed by atoms with Crippen LogP contribution < -0.4 is 5.73 Å². The predicted octanol–water partition coefficient (Wildman–Crippen LogP) is 0.786. The monoisotopic (exact) mass is 122 g/mol. The molecular weight excluding hydrogens is 115 g/mol. The Morgan fingerprint density at radius 3 is 2.11 bits per heavy atom. The van der Waals surface area contributed by atoms with Gasteiger partial charge in [0.2, 0.25) is 5.91 Å². The van der Waals surface area contributed by atoms with Gasteiger partial charge in [-0.05, 0) is 12.1 Å². The lowest BCUT2D eigenvalue weighted by Crippen LogP contribution is -2.09. The highest BCUT2D eigenvalue weighted by molar-refractivity contribution is 5.92. The van der Waals surface area contributed by atoms with Crippen molar-refractivity contribution in [2.45, 2.75) is 0 Å². The quantitative estimate of drug-likeness (QED) is 0.549. The Kier molecular flexibility index (Phi) is 1.49. The number of benzene rings is 1. The standard InChI is InChI=1S/C7H7NO/c8-7(9)6-4-2-1-3-5-6/h1-5H,(H2,8,9)/i8+1. The van der Waals surface area contributed by atoms with Gasteiger partial charge in [0.05, 0.1) is 0 Å². The molecule has 0 unspecified atom stereocenters. The fourth-order valence-electron chi connectivity index (χ4n) is 0.602. The van der Waals surface area contributed by atoms with Gasteiger partial charge in [0.15, 0.2) is 0 Å². The van der Waals surface area contributed by atoms with Crippen LogP contribution in [0.4, 0.5) is 0 Å². The maximum atomic E-state index is 10.4. The lowest BCUT2D eigenvalue weighted by molar-refractivity contribution is 0.100. The van der Waals surface area contributed by atoms with Crippen LogP contribution in [-0.4, -0.2) is 5.91 Å². The number of primary amides is 1. The summed E-state index contributed by atoms with van der Waals surface area (Å²) in [7, 11) is 0. The summed E-state index contributed by atoms with van der Waals surface area (Å²) in [6.07, 6.45) is 0. The number of carbonyl (C=O) groups is 1. The first-order chi connectivity index (χ1) is 4.30. The molecule has 0 spiro atoms. The largest absolute Gasteiger partial charge is 0.366 e. The molecule has 1 aromatic rings. The molecule has 1 amide bonds. The van der Waals surface area contributed by atoms with Crippen LogP contribution in [0, 0.1) is 0 Å². The predicted molar refractivity (Wildman–Crippen MR) is 35.0 cm³/mol. The van der Waals surface area contributed by atoms with Crippen molar-refractivity contribution in [3.63, 3.8) is 0 Å². The maximum Gasteiger partial charge on any atom is 0.248 e. The zero-order valence-electron chi connectivity index (χ0n) is 4.87. The van der Waals surface area contributed by atoms with Gasteiger partial charge in [0.25, 0.3) is 0 Å². The number of hydrogen-bond acceptors (Lipinski definition) is 1. The van der Waals surface area contributed by atoms with Gasteiger partial charge in [-0.2, -0.15) is 0 Å². The molecule has 0 heterocycles. The Morgan fingerprint density at radius 2 is 1.78 bits per heavy atom. The molecule has 0 bridgehead atoms. The van der Waals surface area contributed by atoms with Crippen LogP contribution in [0.3, 0.4) is 0 Å². The molecule has 0 radical (unpaired) electrons. The van der Waals surface area contributed by atoms with Gasteiger partial charge in [0.1, 0.15) is 0 Å². The van der Waals surface area contributed by atoms with Crippen LogP contribution in [0.5, 0.6) is 0 Å². The first kappa shape index (κ1) is 5.82. The third kappa shape index (κ3) is 1.29. The Bertz CT molecular complexity index is 205. The van der Waals surface area contributed by atoms with Crippen molar-refractivity contribution in [3.05, 3.63) is 35.9 Å². The van der Waals surface area contributed by atoms with Crippen LogP contribution in [0.2, 0.25) is 0 Å². The first-order valence-electron chi connectivity index (χ1n) is 2.65. The summed E-state index contributed by atoms with van der Waals surface area (Å²) < 4.78 is 0. The molecule has 0 aliphatic heterocycles. The summed E-state index contributed by atoms with van der Waals surface area (Å²) in [4.78, 5) is 10.4. The van der Waals surface area contributed by atoms with Gasteiger partial charge in [0, 0.05) is 5.56 Å². The molecule has 1 aromatic carbocycles. The molecule has 0 fully saturated rings. The Balaban J connectivity index is 2.98. The van der Waals surface area contributed by atoms with Crippen molar-refractivity contribution in [1.29, 1.82) is 0 Å². The minimum atomic E-state index is -0.379. The van der Waals surface area contributed by atoms with E-state index in [-0.39, 0.29) is 5.91 Å². The molecule has 2 N–H and O–H groups in total. The van der Waals surface area contributed by atoms with E-state index in [0.29, 0.717) is 5.56 Å². The minimum absolute atomic E-state index is 0.379. The van der Waals surface area contributed by atoms with Crippen molar-refractivity contribution in [1.82, 2.24) is 0 Å². The lowest BCUT2D eigenvalue weighted by Gasteiger charge is -1.89. The fraction of sp³-hybridized carbons (Fsp3) is 0. The van der Waals surface area contributed by atoms with E-state index in [1.807, 2.05) is 6.07 Å². The van der Waals surface area contributed by atoms with Gasteiger partial charge >= 0.3 is 0 Å². The summed E-state index contributed by atoms with van der Waals surface area (Å²) in [6.45, 7) is 0. The molecule has 9 heavy (non-hydrogen) atoms. The maximum absolute atomic E-state index is 10.4. The van der Waals surface area contributed by atoms with E-state index in [1.165, 1.54) is 0 Å². The molecule has 0 atom stereocenters. The zero-order valence-corrected chi connectivity index (χ0v) is 4.87. The average molecular weight is 122 g/mol. The Hall–Kier alpha value is -1.31. The van der Waals surface area contributed by atoms with Gasteiger partial charge < -0.3 is 5.73 Å². The van der Waals surface area contributed by atoms with E-state index in [4.69, 9.17) is 5.73 Å². The van der Waals surface area contributed by atoms with Crippen LogP contribution in [0.25, 0.3) is 0 Å². The van der Waals surface area contributed by atoms with E-state index in [0.717, 1.165) is 0 Å². The number of nitrogens with two attached hydrogens (primary N) is 1. The van der Waals surface area contributed by atoms with Gasteiger partial charge in [-0.15, -0.1) is 0 Å². The summed E-state index contributed by atoms with van der Waals surface area (Å²) in [5.74, 6) is -0.379. The first-order valence-corrected chi connectivity index (χ1v) is 2.65. The second-order valence-corrected chi connectivity index (χ2v) is 1.73. The summed E-state index contributed by atoms with van der Waals surface area (Å²) in [6, 6.07) is 8.76. The number of amides is 1. The molecule has 1 rings (SSSR count). The number of carbonyl (C=O) groups excluding carboxylic acids is 1. The zero-order chi connectivity index (χ0) is 6.69. The highest BCUT2D eigenvalue weighted by atomic mass is 16.2. The van der Waals surface area contributed by atoms with E-state index >= 15 is 0 Å². The highest BCUT2D eigenvalue weighted by Gasteiger charge is 1.93. The fourth-order valence-corrected chi connectivity index (χ4v) is 0.602. The highest BCUT2D eigenvalue weighted by Crippen LogP contribution is 1.94. The summed E-state index contributed by atoms with van der Waals surface area (Å²) in [5, 5.41) is 0. The van der Waals surface area contributed by atoms with E-state index in [2.05, 4.69) is 0 Å². The molecule has 2 nitrogen and oxygen atoms in total. The third-order valence-electron chi connectivity index (χ3n) is 1.06. The van der Waals surface area contributed by atoms with Gasteiger partial charge in [-0.25, -0.2) is 0 Å². The summed E-state index contributed by atoms with van der Waals surface area (Å²) >= 11 is 0. The topological polar surface area (TPSA) is 43.1 Å². The second-order valence-electron chi connectivity index (χ2n) is 1.73. The number of rotatable bonds is 1. The molecule has 0 saturated carbocycles. The smallest absolute Gasteiger partial charge is 0.248 e. The average Bonchev–Trinajstić information content (AvgIpc) is 1.90. The van der Waals surface area contributed by atoms with Crippen molar-refractivity contribution < 1.29 is 4.79 Å². The van der Waals surface area contributed by atoms with Crippen LogP contribution in [0.15, 0.2) is 30.3 Å². The Labute approximate surface area is 53.3 Å². The van der Waals surface area contributed by atoms with Gasteiger partial charge in [-0.1, -0.05) is 18.2 Å². The van der Waals surface area contributed by atoms with Crippen LogP contribution in [-0.2, 0) is 0 Å². The molecule has 46 valence electrons. The van der Waals surface area contributed by atoms with Gasteiger partial charge in [-0.3, -0.25) is 4.79 Å². The molecule has 0 saturated heterocycles. The van der Waals surface area contributed by atoms with Crippen LogP contribution >= 0.6 is 0 Å². The SMILES string of the molecule is [15NH2]C(=O)c1ccccc1. The lowest BCUT2D eigenvalue weighted by atomic mass is 10.2. The van der Waals surface area contributed by atoms with E-state index < -0.39 is 0 Å². The molecule has 0 aliphatic rings. The molecule has 0 aromatic heterocycles. The van der Waals surface area contributed by atoms with E-state index in [9.17, 15) is 4.79 Å². The van der Waals surface area contributed by atoms with Crippen molar-refractivity contribution >= 4 is 5.91 Å². The molecule has 0 aliphatic carbocycles. The van der Waals surface area contributed by atoms with Crippen molar-refractivity contribution in [3.8, 4) is 0 Å². The molecule has 2 heteroatoms. The molecular formula is C7H7NO. The van der Waals surface area contributed by atoms with Crippen molar-refractivity contribution in [2.75, 3.05) is 0 Å². The van der Waals surface area contributed by atoms with E-state index in [1.54, 1.807) is 24.3 Å².